The lowest BCUT2D eigenvalue weighted by Crippen LogP contribution is -2.21. The van der Waals surface area contributed by atoms with Crippen LogP contribution in [0.2, 0.25) is 0 Å². The van der Waals surface area contributed by atoms with E-state index in [0.717, 1.165) is 11.3 Å². The average molecular weight is 399 g/mol. The molecule has 0 bridgehead atoms. The van der Waals surface area contributed by atoms with Gasteiger partial charge in [0, 0.05) is 6.42 Å². The molecule has 0 aliphatic rings. The highest BCUT2D eigenvalue weighted by Gasteiger charge is 2.16. The van der Waals surface area contributed by atoms with Crippen LogP contribution in [-0.4, -0.2) is 37.7 Å². The summed E-state index contributed by atoms with van der Waals surface area (Å²) in [6, 6.07) is 13.9. The summed E-state index contributed by atoms with van der Waals surface area (Å²) in [5.41, 5.74) is 1.49. The van der Waals surface area contributed by atoms with E-state index in [2.05, 4.69) is 5.32 Å². The number of hydrogen-bond acceptors (Lipinski definition) is 6. The van der Waals surface area contributed by atoms with Crippen molar-refractivity contribution in [1.82, 2.24) is 0 Å². The smallest absolute Gasteiger partial charge is 0.344 e. The van der Waals surface area contributed by atoms with Crippen LogP contribution in [0.3, 0.4) is 0 Å². The zero-order valence-electron chi connectivity index (χ0n) is 16.8. The largest absolute Gasteiger partial charge is 0.497 e. The van der Waals surface area contributed by atoms with Crippen LogP contribution in [-0.2, 0) is 25.5 Å². The summed E-state index contributed by atoms with van der Waals surface area (Å²) in [6.45, 7) is 2.92. The molecule has 1 N–H and O–H groups in total. The van der Waals surface area contributed by atoms with E-state index < -0.39 is 18.5 Å². The Bertz CT molecular complexity index is 845. The van der Waals surface area contributed by atoms with Gasteiger partial charge in [-0.15, -0.1) is 0 Å². The molecule has 2 aromatic rings. The number of rotatable bonds is 9. The number of para-hydroxylation sites is 1. The second-order valence-corrected chi connectivity index (χ2v) is 6.56. The topological polar surface area (TPSA) is 90.9 Å². The Labute approximate surface area is 170 Å². The van der Waals surface area contributed by atoms with Crippen LogP contribution in [0.25, 0.3) is 0 Å². The van der Waals surface area contributed by atoms with Crippen molar-refractivity contribution in [2.24, 2.45) is 0 Å². The summed E-state index contributed by atoms with van der Waals surface area (Å²) >= 11 is 0. The highest BCUT2D eigenvalue weighted by Crippen LogP contribution is 2.18. The molecule has 0 spiro atoms. The second kappa shape index (κ2) is 10.8. The number of aryl methyl sites for hydroxylation is 1. The average Bonchev–Trinajstić information content (AvgIpc) is 2.71. The Balaban J connectivity index is 1.92. The van der Waals surface area contributed by atoms with Gasteiger partial charge in [0.15, 0.2) is 6.61 Å². The number of anilines is 1. The number of carbonyl (C=O) groups is 3. The highest BCUT2D eigenvalue weighted by molar-refractivity contribution is 6.01. The molecule has 0 saturated carbocycles. The van der Waals surface area contributed by atoms with Crippen molar-refractivity contribution in [3.63, 3.8) is 0 Å². The van der Waals surface area contributed by atoms with Gasteiger partial charge in [-0.2, -0.15) is 0 Å². The van der Waals surface area contributed by atoms with E-state index in [-0.39, 0.29) is 24.0 Å². The molecule has 0 heterocycles. The van der Waals surface area contributed by atoms with E-state index >= 15 is 0 Å². The van der Waals surface area contributed by atoms with Crippen molar-refractivity contribution in [2.75, 3.05) is 19.0 Å². The van der Waals surface area contributed by atoms with E-state index in [4.69, 9.17) is 14.2 Å². The fourth-order valence-electron chi connectivity index (χ4n) is 2.53. The lowest BCUT2D eigenvalue weighted by Gasteiger charge is -2.12. The Kier molecular flexibility index (Phi) is 8.21. The summed E-state index contributed by atoms with van der Waals surface area (Å²) in [7, 11) is 1.60. The molecular weight excluding hydrogens is 374 g/mol. The van der Waals surface area contributed by atoms with E-state index in [1.54, 1.807) is 39.2 Å². The van der Waals surface area contributed by atoms with Gasteiger partial charge in [0.25, 0.3) is 0 Å². The van der Waals surface area contributed by atoms with Crippen molar-refractivity contribution in [1.29, 1.82) is 0 Å². The number of benzene rings is 2. The Morgan fingerprint density at radius 3 is 2.34 bits per heavy atom. The molecule has 0 aliphatic heterocycles. The molecule has 29 heavy (non-hydrogen) atoms. The molecule has 1 amide bonds. The Morgan fingerprint density at radius 1 is 1.00 bits per heavy atom. The molecule has 0 saturated heterocycles. The Morgan fingerprint density at radius 2 is 1.69 bits per heavy atom. The van der Waals surface area contributed by atoms with E-state index in [9.17, 15) is 14.4 Å². The van der Waals surface area contributed by atoms with Crippen molar-refractivity contribution in [3.05, 3.63) is 59.7 Å². The number of hydrogen-bond donors (Lipinski definition) is 1. The number of carbonyl (C=O) groups excluding carboxylic acids is 3. The molecule has 7 heteroatoms. The van der Waals surface area contributed by atoms with Crippen LogP contribution in [0.1, 0.15) is 36.2 Å². The van der Waals surface area contributed by atoms with Gasteiger partial charge >= 0.3 is 11.9 Å². The standard InChI is InChI=1S/C22H25NO6/c1-15(2)29-21(25)14-28-22(26)18-6-4-5-7-19(18)23-20(24)13-10-16-8-11-17(27-3)12-9-16/h4-9,11-12,15H,10,13-14H2,1-3H3,(H,23,24). The quantitative estimate of drug-likeness (QED) is 0.650. The molecule has 7 nitrogen and oxygen atoms in total. The number of methoxy groups -OCH3 is 1. The fourth-order valence-corrected chi connectivity index (χ4v) is 2.53. The van der Waals surface area contributed by atoms with Gasteiger partial charge in [-0.3, -0.25) is 4.79 Å². The van der Waals surface area contributed by atoms with E-state index in [1.165, 1.54) is 6.07 Å². The highest BCUT2D eigenvalue weighted by atomic mass is 16.6. The third kappa shape index (κ3) is 7.29. The van der Waals surface area contributed by atoms with Crippen LogP contribution in [0.15, 0.2) is 48.5 Å². The van der Waals surface area contributed by atoms with E-state index in [1.807, 2.05) is 24.3 Å². The minimum absolute atomic E-state index is 0.169. The zero-order chi connectivity index (χ0) is 21.2. The summed E-state index contributed by atoms with van der Waals surface area (Å²) in [6.07, 6.45) is 0.499. The molecule has 0 unspecified atom stereocenters. The van der Waals surface area contributed by atoms with Crippen molar-refractivity contribution in [3.8, 4) is 5.75 Å². The zero-order valence-corrected chi connectivity index (χ0v) is 16.8. The van der Waals surface area contributed by atoms with Gasteiger partial charge in [-0.05, 0) is 50.1 Å². The molecule has 0 radical (unpaired) electrons. The second-order valence-electron chi connectivity index (χ2n) is 6.56. The maximum absolute atomic E-state index is 12.3. The summed E-state index contributed by atoms with van der Waals surface area (Å²) in [5.74, 6) is -0.825. The van der Waals surface area contributed by atoms with Gasteiger partial charge in [0.1, 0.15) is 5.75 Å². The van der Waals surface area contributed by atoms with Crippen molar-refractivity contribution in [2.45, 2.75) is 32.8 Å². The normalized spacial score (nSPS) is 10.3. The first-order valence-corrected chi connectivity index (χ1v) is 9.27. The molecule has 154 valence electrons. The molecule has 0 fully saturated rings. The maximum Gasteiger partial charge on any atom is 0.344 e. The summed E-state index contributed by atoms with van der Waals surface area (Å²) < 4.78 is 15.0. The number of amides is 1. The van der Waals surface area contributed by atoms with Gasteiger partial charge in [0.2, 0.25) is 5.91 Å². The van der Waals surface area contributed by atoms with Crippen LogP contribution in [0.4, 0.5) is 5.69 Å². The minimum Gasteiger partial charge on any atom is -0.497 e. The van der Waals surface area contributed by atoms with Crippen LogP contribution < -0.4 is 10.1 Å². The van der Waals surface area contributed by atoms with Crippen molar-refractivity contribution < 1.29 is 28.6 Å². The lowest BCUT2D eigenvalue weighted by molar-refractivity contribution is -0.151. The molecular formula is C22H25NO6. The number of esters is 2. The van der Waals surface area contributed by atoms with Crippen LogP contribution in [0.5, 0.6) is 5.75 Å². The van der Waals surface area contributed by atoms with Crippen molar-refractivity contribution >= 4 is 23.5 Å². The minimum atomic E-state index is -0.711. The number of nitrogens with one attached hydrogen (secondary N) is 1. The van der Waals surface area contributed by atoms with Crippen LogP contribution >= 0.6 is 0 Å². The fraction of sp³-hybridized carbons (Fsp3) is 0.318. The van der Waals surface area contributed by atoms with E-state index in [0.29, 0.717) is 12.1 Å². The van der Waals surface area contributed by atoms with Gasteiger partial charge in [-0.1, -0.05) is 24.3 Å². The predicted molar refractivity (Wildman–Crippen MR) is 108 cm³/mol. The molecule has 0 atom stereocenters. The molecule has 2 rings (SSSR count). The molecule has 2 aromatic carbocycles. The maximum atomic E-state index is 12.3. The first-order valence-electron chi connectivity index (χ1n) is 9.27. The first kappa shape index (κ1) is 21.9. The summed E-state index contributed by atoms with van der Waals surface area (Å²) in [4.78, 5) is 36.1. The lowest BCUT2D eigenvalue weighted by atomic mass is 10.1. The monoisotopic (exact) mass is 399 g/mol. The molecule has 0 aromatic heterocycles. The number of ether oxygens (including phenoxy) is 3. The molecule has 0 aliphatic carbocycles. The predicted octanol–water partition coefficient (Wildman–Crippen LogP) is 3.37. The van der Waals surface area contributed by atoms with Gasteiger partial charge in [-0.25, -0.2) is 9.59 Å². The third-order valence-corrected chi connectivity index (χ3v) is 3.91. The van der Waals surface area contributed by atoms with Crippen LogP contribution in [0, 0.1) is 0 Å². The Hall–Kier alpha value is -3.35. The first-order chi connectivity index (χ1) is 13.9. The SMILES string of the molecule is COc1ccc(CCC(=O)Nc2ccccc2C(=O)OCC(=O)OC(C)C)cc1. The van der Waals surface area contributed by atoms with Gasteiger partial charge < -0.3 is 19.5 Å². The third-order valence-electron chi connectivity index (χ3n) is 3.91. The van der Waals surface area contributed by atoms with Gasteiger partial charge in [0.05, 0.1) is 24.5 Å². The summed E-state index contributed by atoms with van der Waals surface area (Å²) in [5, 5.41) is 2.72.